The van der Waals surface area contributed by atoms with Crippen LogP contribution in [0.1, 0.15) is 21.5 Å². The van der Waals surface area contributed by atoms with Gasteiger partial charge in [-0.05, 0) is 49.7 Å². The van der Waals surface area contributed by atoms with Gasteiger partial charge in [0, 0.05) is 22.8 Å². The highest BCUT2D eigenvalue weighted by atomic mass is 32.2. The summed E-state index contributed by atoms with van der Waals surface area (Å²) in [5.74, 6) is 0.611. The highest BCUT2D eigenvalue weighted by molar-refractivity contribution is 7.99. The molecule has 0 saturated heterocycles. The molecule has 5 nitrogen and oxygen atoms in total. The van der Waals surface area contributed by atoms with Crippen molar-refractivity contribution >= 4 is 33.4 Å². The van der Waals surface area contributed by atoms with Crippen molar-refractivity contribution in [2.75, 3.05) is 23.3 Å². The Morgan fingerprint density at radius 3 is 2.36 bits per heavy atom. The van der Waals surface area contributed by atoms with Gasteiger partial charge in [-0.15, -0.1) is 11.8 Å². The summed E-state index contributed by atoms with van der Waals surface area (Å²) in [6, 6.07) is 13.2. The van der Waals surface area contributed by atoms with Gasteiger partial charge in [-0.1, -0.05) is 17.7 Å². The molecule has 0 aliphatic rings. The molecule has 2 N–H and O–H groups in total. The first-order chi connectivity index (χ1) is 11.7. The van der Waals surface area contributed by atoms with Crippen molar-refractivity contribution in [2.24, 2.45) is 0 Å². The Kier molecular flexibility index (Phi) is 6.50. The molecule has 0 spiro atoms. The van der Waals surface area contributed by atoms with Gasteiger partial charge in [0.15, 0.2) is 0 Å². The summed E-state index contributed by atoms with van der Waals surface area (Å²) in [4.78, 5) is 13.4. The van der Waals surface area contributed by atoms with Gasteiger partial charge in [-0.2, -0.15) is 0 Å². The first-order valence-electron chi connectivity index (χ1n) is 7.81. The topological polar surface area (TPSA) is 75.3 Å². The Bertz CT molecular complexity index is 847. The molecule has 0 unspecified atom stereocenters. The summed E-state index contributed by atoms with van der Waals surface area (Å²) >= 11 is 1.69. The number of hydrogen-bond acceptors (Lipinski definition) is 4. The SMILES string of the molecule is Cc1ccc(SCCNC(=O)c2ccc(NS(C)(=O)=O)c(C)c2)cc1. The van der Waals surface area contributed by atoms with Gasteiger partial charge >= 0.3 is 0 Å². The van der Waals surface area contributed by atoms with Gasteiger partial charge < -0.3 is 5.32 Å². The molecule has 0 fully saturated rings. The Balaban J connectivity index is 1.86. The van der Waals surface area contributed by atoms with Crippen LogP contribution in [0.5, 0.6) is 0 Å². The summed E-state index contributed by atoms with van der Waals surface area (Å²) in [5.41, 5.74) is 2.92. The van der Waals surface area contributed by atoms with Gasteiger partial charge in [0.05, 0.1) is 11.9 Å². The van der Waals surface area contributed by atoms with Gasteiger partial charge in [-0.25, -0.2) is 8.42 Å². The van der Waals surface area contributed by atoms with Crippen LogP contribution in [-0.2, 0) is 10.0 Å². The molecule has 0 atom stereocenters. The van der Waals surface area contributed by atoms with Crippen LogP contribution >= 0.6 is 11.8 Å². The van der Waals surface area contributed by atoms with Gasteiger partial charge in [0.25, 0.3) is 5.91 Å². The van der Waals surface area contributed by atoms with Crippen molar-refractivity contribution in [3.05, 3.63) is 59.2 Å². The third-order valence-electron chi connectivity index (χ3n) is 3.46. The fourth-order valence-electron chi connectivity index (χ4n) is 2.19. The molecular weight excluding hydrogens is 356 g/mol. The molecule has 0 radical (unpaired) electrons. The minimum Gasteiger partial charge on any atom is -0.351 e. The fourth-order valence-corrected chi connectivity index (χ4v) is 3.59. The summed E-state index contributed by atoms with van der Waals surface area (Å²) in [6.45, 7) is 4.37. The van der Waals surface area contributed by atoms with E-state index in [9.17, 15) is 13.2 Å². The lowest BCUT2D eigenvalue weighted by Gasteiger charge is -2.10. The number of carbonyl (C=O) groups is 1. The first-order valence-corrected chi connectivity index (χ1v) is 10.7. The number of amides is 1. The van der Waals surface area contributed by atoms with E-state index in [1.165, 1.54) is 10.5 Å². The number of aryl methyl sites for hydroxylation is 2. The Morgan fingerprint density at radius 2 is 1.76 bits per heavy atom. The summed E-state index contributed by atoms with van der Waals surface area (Å²) in [5, 5.41) is 2.88. The van der Waals surface area contributed by atoms with Crippen LogP contribution in [0, 0.1) is 13.8 Å². The lowest BCUT2D eigenvalue weighted by atomic mass is 10.1. The van der Waals surface area contributed by atoms with Crippen molar-refractivity contribution in [3.8, 4) is 0 Å². The van der Waals surface area contributed by atoms with E-state index in [4.69, 9.17) is 0 Å². The predicted octanol–water partition coefficient (Wildman–Crippen LogP) is 3.20. The number of thioether (sulfide) groups is 1. The van der Waals surface area contributed by atoms with E-state index in [0.717, 1.165) is 12.0 Å². The number of anilines is 1. The molecule has 7 heteroatoms. The molecule has 2 aromatic carbocycles. The molecule has 0 aliphatic heterocycles. The summed E-state index contributed by atoms with van der Waals surface area (Å²) in [7, 11) is -3.33. The fraction of sp³-hybridized carbons (Fsp3) is 0.278. The van der Waals surface area contributed by atoms with Crippen LogP contribution in [0.25, 0.3) is 0 Å². The molecule has 2 aromatic rings. The Morgan fingerprint density at radius 1 is 1.08 bits per heavy atom. The van der Waals surface area contributed by atoms with Crippen LogP contribution in [0.3, 0.4) is 0 Å². The average molecular weight is 379 g/mol. The van der Waals surface area contributed by atoms with E-state index in [1.807, 2.05) is 6.92 Å². The van der Waals surface area contributed by atoms with Crippen LogP contribution < -0.4 is 10.0 Å². The Labute approximate surface area is 153 Å². The van der Waals surface area contributed by atoms with E-state index in [-0.39, 0.29) is 5.91 Å². The number of carbonyl (C=O) groups excluding carboxylic acids is 1. The zero-order valence-electron chi connectivity index (χ0n) is 14.5. The summed E-state index contributed by atoms with van der Waals surface area (Å²) in [6.07, 6.45) is 1.10. The predicted molar refractivity (Wildman–Crippen MR) is 104 cm³/mol. The van der Waals surface area contributed by atoms with Gasteiger partial charge in [0.1, 0.15) is 0 Å². The van der Waals surface area contributed by atoms with E-state index >= 15 is 0 Å². The van der Waals surface area contributed by atoms with Crippen LogP contribution in [0.15, 0.2) is 47.4 Å². The quantitative estimate of drug-likeness (QED) is 0.573. The smallest absolute Gasteiger partial charge is 0.251 e. The largest absolute Gasteiger partial charge is 0.351 e. The zero-order valence-corrected chi connectivity index (χ0v) is 16.1. The molecule has 1 amide bonds. The molecule has 134 valence electrons. The van der Waals surface area contributed by atoms with E-state index in [1.54, 1.807) is 36.9 Å². The van der Waals surface area contributed by atoms with Crippen molar-refractivity contribution in [2.45, 2.75) is 18.7 Å². The van der Waals surface area contributed by atoms with Crippen molar-refractivity contribution in [1.82, 2.24) is 5.32 Å². The molecule has 25 heavy (non-hydrogen) atoms. The van der Waals surface area contributed by atoms with Gasteiger partial charge in [-0.3, -0.25) is 9.52 Å². The highest BCUT2D eigenvalue weighted by Gasteiger charge is 2.09. The maximum Gasteiger partial charge on any atom is 0.251 e. The molecule has 0 bridgehead atoms. The van der Waals surface area contributed by atoms with Crippen LogP contribution in [0.4, 0.5) is 5.69 Å². The minimum absolute atomic E-state index is 0.168. The Hall–Kier alpha value is -1.99. The standard InChI is InChI=1S/C18H22N2O3S2/c1-13-4-7-16(8-5-13)24-11-10-19-18(21)15-6-9-17(14(2)12-15)20-25(3,22)23/h4-9,12,20H,10-11H2,1-3H3,(H,19,21). The molecule has 0 heterocycles. The van der Waals surface area contributed by atoms with Crippen molar-refractivity contribution < 1.29 is 13.2 Å². The third kappa shape index (κ3) is 6.43. The maximum atomic E-state index is 12.2. The van der Waals surface area contributed by atoms with Gasteiger partial charge in [0.2, 0.25) is 10.0 Å². The van der Waals surface area contributed by atoms with E-state index < -0.39 is 10.0 Å². The zero-order chi connectivity index (χ0) is 18.4. The third-order valence-corrected chi connectivity index (χ3v) is 5.07. The number of sulfonamides is 1. The van der Waals surface area contributed by atoms with Crippen LogP contribution in [-0.4, -0.2) is 32.9 Å². The second kappa shape index (κ2) is 8.40. The maximum absolute atomic E-state index is 12.2. The van der Waals surface area contributed by atoms with Crippen LogP contribution in [0.2, 0.25) is 0 Å². The highest BCUT2D eigenvalue weighted by Crippen LogP contribution is 2.19. The number of hydrogen-bond donors (Lipinski definition) is 2. The number of nitrogens with one attached hydrogen (secondary N) is 2. The molecule has 0 aromatic heterocycles. The second-order valence-electron chi connectivity index (χ2n) is 5.82. The first kappa shape index (κ1) is 19.3. The number of benzene rings is 2. The normalized spacial score (nSPS) is 11.2. The minimum atomic E-state index is -3.33. The van der Waals surface area contributed by atoms with E-state index in [0.29, 0.717) is 23.4 Å². The van der Waals surface area contributed by atoms with Crippen molar-refractivity contribution in [3.63, 3.8) is 0 Å². The lowest BCUT2D eigenvalue weighted by molar-refractivity contribution is 0.0956. The summed E-state index contributed by atoms with van der Waals surface area (Å²) < 4.78 is 25.0. The average Bonchev–Trinajstić information content (AvgIpc) is 2.53. The van der Waals surface area contributed by atoms with Crippen molar-refractivity contribution in [1.29, 1.82) is 0 Å². The second-order valence-corrected chi connectivity index (χ2v) is 8.74. The molecular formula is C18H22N2O3S2. The lowest BCUT2D eigenvalue weighted by Crippen LogP contribution is -2.25. The molecule has 0 aliphatic carbocycles. The number of rotatable bonds is 7. The van der Waals surface area contributed by atoms with E-state index in [2.05, 4.69) is 34.3 Å². The molecule has 0 saturated carbocycles. The molecule has 2 rings (SSSR count). The monoisotopic (exact) mass is 378 g/mol.